The average Bonchev–Trinajstić information content (AvgIpc) is 3.14. The van der Waals surface area contributed by atoms with Gasteiger partial charge in [0.2, 0.25) is 0 Å². The lowest BCUT2D eigenvalue weighted by atomic mass is 9.99. The van der Waals surface area contributed by atoms with Crippen LogP contribution in [0, 0.1) is 5.92 Å². The Hall–Kier alpha value is -2.11. The number of aromatic amines is 1. The number of fused-ring (bicyclic) bond motifs is 1. The number of rotatable bonds is 4. The van der Waals surface area contributed by atoms with Gasteiger partial charge in [-0.3, -0.25) is 9.89 Å². The third-order valence-electron chi connectivity index (χ3n) is 4.14. The van der Waals surface area contributed by atoms with Crippen molar-refractivity contribution >= 4 is 5.91 Å². The van der Waals surface area contributed by atoms with Crippen molar-refractivity contribution in [2.75, 3.05) is 13.6 Å². The summed E-state index contributed by atoms with van der Waals surface area (Å²) in [6.07, 6.45) is 6.79. The van der Waals surface area contributed by atoms with Crippen LogP contribution in [0.1, 0.15) is 35.4 Å². The van der Waals surface area contributed by atoms with Gasteiger partial charge in [-0.2, -0.15) is 5.10 Å². The zero-order chi connectivity index (χ0) is 14.8. The predicted molar refractivity (Wildman–Crippen MR) is 79.0 cm³/mol. The van der Waals surface area contributed by atoms with Crippen molar-refractivity contribution in [2.24, 2.45) is 5.92 Å². The number of hydrogen-bond donors (Lipinski definition) is 1. The van der Waals surface area contributed by atoms with Gasteiger partial charge in [-0.1, -0.05) is 6.92 Å². The van der Waals surface area contributed by atoms with E-state index in [1.807, 2.05) is 32.4 Å². The molecule has 0 saturated heterocycles. The number of nitrogens with zero attached hydrogens (tertiary/aromatic N) is 4. The standard InChI is InChI=1S/C15H21N5O/c1-3-12-8-13(18-17-12)15(21)19(2)9-11-4-5-14-16-6-7-20(14)10-11/h6-8,11H,3-5,9-10H2,1-2H3,(H,17,18)/t11-/m0/s1. The van der Waals surface area contributed by atoms with Gasteiger partial charge in [0.1, 0.15) is 11.5 Å². The number of aromatic nitrogens is 4. The van der Waals surface area contributed by atoms with E-state index < -0.39 is 0 Å². The largest absolute Gasteiger partial charge is 0.340 e. The fourth-order valence-corrected chi connectivity index (χ4v) is 2.90. The molecule has 0 aromatic carbocycles. The maximum Gasteiger partial charge on any atom is 0.274 e. The van der Waals surface area contributed by atoms with Crippen LogP contribution < -0.4 is 0 Å². The highest BCUT2D eigenvalue weighted by Gasteiger charge is 2.23. The van der Waals surface area contributed by atoms with E-state index in [2.05, 4.69) is 19.7 Å². The van der Waals surface area contributed by atoms with E-state index in [0.717, 1.165) is 43.9 Å². The van der Waals surface area contributed by atoms with E-state index in [1.165, 1.54) is 0 Å². The summed E-state index contributed by atoms with van der Waals surface area (Å²) in [6, 6.07) is 1.84. The second-order valence-corrected chi connectivity index (χ2v) is 5.72. The molecule has 3 rings (SSSR count). The van der Waals surface area contributed by atoms with Crippen LogP contribution in [0.3, 0.4) is 0 Å². The third-order valence-corrected chi connectivity index (χ3v) is 4.14. The summed E-state index contributed by atoms with van der Waals surface area (Å²) in [4.78, 5) is 18.5. The normalized spacial score (nSPS) is 17.5. The lowest BCUT2D eigenvalue weighted by Gasteiger charge is -2.27. The number of carbonyl (C=O) groups excluding carboxylic acids is 1. The summed E-state index contributed by atoms with van der Waals surface area (Å²) in [5.41, 5.74) is 1.50. The van der Waals surface area contributed by atoms with Crippen molar-refractivity contribution in [3.05, 3.63) is 35.7 Å². The van der Waals surface area contributed by atoms with Gasteiger partial charge in [-0.15, -0.1) is 0 Å². The van der Waals surface area contributed by atoms with Crippen LogP contribution in [0.5, 0.6) is 0 Å². The Morgan fingerprint density at radius 1 is 1.57 bits per heavy atom. The molecule has 6 heteroatoms. The molecule has 21 heavy (non-hydrogen) atoms. The average molecular weight is 287 g/mol. The topological polar surface area (TPSA) is 66.8 Å². The molecule has 1 N–H and O–H groups in total. The first-order chi connectivity index (χ1) is 10.2. The van der Waals surface area contributed by atoms with Crippen LogP contribution >= 0.6 is 0 Å². The van der Waals surface area contributed by atoms with Crippen LogP contribution in [0.4, 0.5) is 0 Å². The number of hydrogen-bond acceptors (Lipinski definition) is 3. The molecule has 2 aromatic rings. The lowest BCUT2D eigenvalue weighted by molar-refractivity contribution is 0.0754. The second kappa shape index (κ2) is 5.71. The summed E-state index contributed by atoms with van der Waals surface area (Å²) in [5.74, 6) is 1.62. The Bertz CT molecular complexity index is 630. The molecule has 112 valence electrons. The SMILES string of the molecule is CCc1cc(C(=O)N(C)C[C@@H]2CCc3nccn3C2)n[nH]1. The Labute approximate surface area is 124 Å². The molecule has 1 aliphatic heterocycles. The van der Waals surface area contributed by atoms with Crippen LogP contribution in [0.2, 0.25) is 0 Å². The lowest BCUT2D eigenvalue weighted by Crippen LogP contribution is -2.35. The molecule has 6 nitrogen and oxygen atoms in total. The molecular weight excluding hydrogens is 266 g/mol. The third kappa shape index (κ3) is 2.84. The van der Waals surface area contributed by atoms with Crippen molar-refractivity contribution in [3.8, 4) is 0 Å². The van der Waals surface area contributed by atoms with E-state index in [9.17, 15) is 4.79 Å². The summed E-state index contributed by atoms with van der Waals surface area (Å²) < 4.78 is 2.19. The minimum Gasteiger partial charge on any atom is -0.340 e. The molecule has 1 atom stereocenters. The van der Waals surface area contributed by atoms with Crippen molar-refractivity contribution < 1.29 is 4.79 Å². The number of H-pyrrole nitrogens is 1. The molecule has 0 fully saturated rings. The van der Waals surface area contributed by atoms with Gasteiger partial charge in [0.05, 0.1) is 0 Å². The fraction of sp³-hybridized carbons (Fsp3) is 0.533. The first-order valence-electron chi connectivity index (χ1n) is 7.47. The smallest absolute Gasteiger partial charge is 0.274 e. The minimum absolute atomic E-state index is 0.0117. The number of amides is 1. The van der Waals surface area contributed by atoms with E-state index in [1.54, 1.807) is 4.90 Å². The second-order valence-electron chi connectivity index (χ2n) is 5.72. The number of carbonyl (C=O) groups is 1. The van der Waals surface area contributed by atoms with Crippen LogP contribution in [0.25, 0.3) is 0 Å². The van der Waals surface area contributed by atoms with E-state index in [4.69, 9.17) is 0 Å². The minimum atomic E-state index is -0.0117. The van der Waals surface area contributed by atoms with Crippen molar-refractivity contribution in [1.82, 2.24) is 24.6 Å². The zero-order valence-corrected chi connectivity index (χ0v) is 12.5. The Kier molecular flexibility index (Phi) is 3.77. The fourth-order valence-electron chi connectivity index (χ4n) is 2.90. The summed E-state index contributed by atoms with van der Waals surface area (Å²) in [5, 5.41) is 6.99. The maximum absolute atomic E-state index is 12.4. The number of nitrogens with one attached hydrogen (secondary N) is 1. The van der Waals surface area contributed by atoms with Crippen LogP contribution in [0.15, 0.2) is 18.5 Å². The molecule has 0 bridgehead atoms. The van der Waals surface area contributed by atoms with Crippen LogP contribution in [-0.4, -0.2) is 44.1 Å². The molecule has 0 spiro atoms. The van der Waals surface area contributed by atoms with Crippen molar-refractivity contribution in [1.29, 1.82) is 0 Å². The Morgan fingerprint density at radius 3 is 3.19 bits per heavy atom. The van der Waals surface area contributed by atoms with E-state index in [0.29, 0.717) is 11.6 Å². The molecule has 3 heterocycles. The van der Waals surface area contributed by atoms with Gasteiger partial charge >= 0.3 is 0 Å². The molecule has 1 amide bonds. The molecule has 1 aliphatic rings. The van der Waals surface area contributed by atoms with Gasteiger partial charge in [0.25, 0.3) is 5.91 Å². The highest BCUT2D eigenvalue weighted by atomic mass is 16.2. The van der Waals surface area contributed by atoms with Gasteiger partial charge < -0.3 is 9.47 Å². The van der Waals surface area contributed by atoms with Crippen molar-refractivity contribution in [3.63, 3.8) is 0 Å². The summed E-state index contributed by atoms with van der Waals surface area (Å²) in [6.45, 7) is 3.73. The number of aryl methyl sites for hydroxylation is 2. The maximum atomic E-state index is 12.4. The monoisotopic (exact) mass is 287 g/mol. The quantitative estimate of drug-likeness (QED) is 0.926. The van der Waals surface area contributed by atoms with E-state index >= 15 is 0 Å². The molecule has 0 saturated carbocycles. The summed E-state index contributed by atoms with van der Waals surface area (Å²) >= 11 is 0. The van der Waals surface area contributed by atoms with Gasteiger partial charge in [0.15, 0.2) is 0 Å². The highest BCUT2D eigenvalue weighted by molar-refractivity contribution is 5.92. The molecule has 0 unspecified atom stereocenters. The molecule has 2 aromatic heterocycles. The van der Waals surface area contributed by atoms with Crippen molar-refractivity contribution in [2.45, 2.75) is 32.7 Å². The van der Waals surface area contributed by atoms with Gasteiger partial charge in [-0.25, -0.2) is 4.98 Å². The molecule has 0 aliphatic carbocycles. The van der Waals surface area contributed by atoms with Gasteiger partial charge in [-0.05, 0) is 24.8 Å². The number of imidazole rings is 1. The first kappa shape index (κ1) is 13.9. The molecular formula is C15H21N5O. The molecule has 0 radical (unpaired) electrons. The van der Waals surface area contributed by atoms with Gasteiger partial charge in [0, 0.05) is 44.6 Å². The predicted octanol–water partition coefficient (Wildman–Crippen LogP) is 1.50. The first-order valence-corrected chi connectivity index (χ1v) is 7.47. The van der Waals surface area contributed by atoms with Crippen LogP contribution in [-0.2, 0) is 19.4 Å². The summed E-state index contributed by atoms with van der Waals surface area (Å²) in [7, 11) is 1.85. The Morgan fingerprint density at radius 2 is 2.43 bits per heavy atom. The highest BCUT2D eigenvalue weighted by Crippen LogP contribution is 2.20. The van der Waals surface area contributed by atoms with E-state index in [-0.39, 0.29) is 5.91 Å². The Balaban J connectivity index is 1.61. The zero-order valence-electron chi connectivity index (χ0n) is 12.5.